The number of carbonyl (C=O) groups excluding carboxylic acids is 1. The molecule has 0 aliphatic carbocycles. The van der Waals surface area contributed by atoms with Gasteiger partial charge in [0.2, 0.25) is 5.91 Å². The van der Waals surface area contributed by atoms with Crippen molar-refractivity contribution < 1.29 is 9.53 Å². The number of amides is 1. The lowest BCUT2D eigenvalue weighted by Gasteiger charge is -2.10. The van der Waals surface area contributed by atoms with Crippen molar-refractivity contribution in [3.8, 4) is 5.75 Å². The average molecular weight is 330 g/mol. The maximum Gasteiger partial charge on any atom is 0.232 e. The minimum atomic E-state index is -0.128. The molecular weight excluding hydrogens is 312 g/mol. The van der Waals surface area contributed by atoms with E-state index in [9.17, 15) is 4.79 Å². The minimum absolute atomic E-state index is 0.0664. The first-order valence-corrected chi connectivity index (χ1v) is 8.31. The zero-order chi connectivity index (χ0) is 17.1. The van der Waals surface area contributed by atoms with Gasteiger partial charge in [-0.15, -0.1) is 0 Å². The van der Waals surface area contributed by atoms with E-state index in [1.165, 1.54) is 0 Å². The quantitative estimate of drug-likeness (QED) is 0.771. The fraction of sp³-hybridized carbons (Fsp3) is 0.143. The molecule has 0 unspecified atom stereocenters. The molecule has 1 aliphatic heterocycles. The molecule has 0 radical (unpaired) electrons. The van der Waals surface area contributed by atoms with Crippen LogP contribution in [-0.2, 0) is 17.8 Å². The molecule has 0 fully saturated rings. The van der Waals surface area contributed by atoms with Gasteiger partial charge in [0, 0.05) is 11.9 Å². The summed E-state index contributed by atoms with van der Waals surface area (Å²) in [7, 11) is 0. The van der Waals surface area contributed by atoms with Crippen LogP contribution in [0.15, 0.2) is 72.9 Å². The second-order valence-corrected chi connectivity index (χ2v) is 6.09. The average Bonchev–Trinajstić information content (AvgIpc) is 2.97. The number of ether oxygens (including phenoxy) is 1. The zero-order valence-electron chi connectivity index (χ0n) is 13.7. The second-order valence-electron chi connectivity index (χ2n) is 6.09. The highest BCUT2D eigenvalue weighted by molar-refractivity contribution is 6.03. The molecule has 1 N–H and O–H groups in total. The van der Waals surface area contributed by atoms with E-state index in [-0.39, 0.29) is 11.8 Å². The first kappa shape index (κ1) is 15.4. The molecule has 1 aromatic heterocycles. The molecule has 4 heteroatoms. The van der Waals surface area contributed by atoms with Crippen molar-refractivity contribution in [2.45, 2.75) is 18.9 Å². The van der Waals surface area contributed by atoms with Crippen molar-refractivity contribution >= 4 is 11.6 Å². The SMILES string of the molecule is O=C1Nc2ccccc2[C@@H]1Cc1ccc(OCc2ccccn2)cc1. The number of hydrogen-bond donors (Lipinski definition) is 1. The number of fused-ring (bicyclic) bond motifs is 1. The van der Waals surface area contributed by atoms with E-state index in [0.717, 1.165) is 28.3 Å². The molecule has 25 heavy (non-hydrogen) atoms. The molecule has 4 nitrogen and oxygen atoms in total. The maximum atomic E-state index is 12.2. The van der Waals surface area contributed by atoms with Gasteiger partial charge in [-0.2, -0.15) is 0 Å². The largest absolute Gasteiger partial charge is 0.487 e. The molecule has 0 saturated carbocycles. The van der Waals surface area contributed by atoms with E-state index in [1.807, 2.05) is 66.7 Å². The molecule has 1 atom stereocenters. The fourth-order valence-electron chi connectivity index (χ4n) is 3.08. The number of benzene rings is 2. The van der Waals surface area contributed by atoms with Gasteiger partial charge < -0.3 is 10.1 Å². The number of rotatable bonds is 5. The van der Waals surface area contributed by atoms with Crippen LogP contribution >= 0.6 is 0 Å². The van der Waals surface area contributed by atoms with Crippen molar-refractivity contribution in [2.75, 3.05) is 5.32 Å². The van der Waals surface area contributed by atoms with Crippen molar-refractivity contribution in [3.63, 3.8) is 0 Å². The summed E-state index contributed by atoms with van der Waals surface area (Å²) >= 11 is 0. The fourth-order valence-corrected chi connectivity index (χ4v) is 3.08. The van der Waals surface area contributed by atoms with Crippen LogP contribution in [0.3, 0.4) is 0 Å². The lowest BCUT2D eigenvalue weighted by atomic mass is 9.93. The van der Waals surface area contributed by atoms with Gasteiger partial charge in [-0.25, -0.2) is 0 Å². The van der Waals surface area contributed by atoms with Crippen LogP contribution < -0.4 is 10.1 Å². The third-order valence-corrected chi connectivity index (χ3v) is 4.39. The summed E-state index contributed by atoms with van der Waals surface area (Å²) in [6, 6.07) is 21.6. The number of anilines is 1. The van der Waals surface area contributed by atoms with Gasteiger partial charge in [0.1, 0.15) is 12.4 Å². The van der Waals surface area contributed by atoms with E-state index >= 15 is 0 Å². The summed E-state index contributed by atoms with van der Waals surface area (Å²) in [6.07, 6.45) is 2.44. The summed E-state index contributed by atoms with van der Waals surface area (Å²) in [6.45, 7) is 0.443. The first-order valence-electron chi connectivity index (χ1n) is 8.31. The third-order valence-electron chi connectivity index (χ3n) is 4.39. The highest BCUT2D eigenvalue weighted by atomic mass is 16.5. The van der Waals surface area contributed by atoms with Crippen LogP contribution in [0, 0.1) is 0 Å². The lowest BCUT2D eigenvalue weighted by molar-refractivity contribution is -0.117. The molecule has 2 aromatic carbocycles. The van der Waals surface area contributed by atoms with Crippen LogP contribution in [0.5, 0.6) is 5.75 Å². The molecule has 4 rings (SSSR count). The van der Waals surface area contributed by atoms with Gasteiger partial charge in [0.15, 0.2) is 0 Å². The van der Waals surface area contributed by atoms with Gasteiger partial charge >= 0.3 is 0 Å². The van der Waals surface area contributed by atoms with Crippen molar-refractivity contribution in [1.82, 2.24) is 4.98 Å². The maximum absolute atomic E-state index is 12.2. The molecule has 0 bridgehead atoms. The molecule has 2 heterocycles. The number of carbonyl (C=O) groups is 1. The third kappa shape index (κ3) is 3.38. The highest BCUT2D eigenvalue weighted by Crippen LogP contribution is 2.34. The number of para-hydroxylation sites is 1. The number of nitrogens with one attached hydrogen (secondary N) is 1. The first-order chi connectivity index (χ1) is 12.3. The normalized spacial score (nSPS) is 15.5. The van der Waals surface area contributed by atoms with Crippen LogP contribution in [0.1, 0.15) is 22.7 Å². The van der Waals surface area contributed by atoms with Crippen LogP contribution in [0.4, 0.5) is 5.69 Å². The van der Waals surface area contributed by atoms with Crippen LogP contribution in [-0.4, -0.2) is 10.9 Å². The zero-order valence-corrected chi connectivity index (χ0v) is 13.7. The molecule has 124 valence electrons. The van der Waals surface area contributed by atoms with E-state index in [2.05, 4.69) is 10.3 Å². The van der Waals surface area contributed by atoms with Crippen molar-refractivity contribution in [3.05, 3.63) is 89.7 Å². The van der Waals surface area contributed by atoms with Gasteiger partial charge in [0.05, 0.1) is 11.6 Å². The predicted molar refractivity (Wildman–Crippen MR) is 96.5 cm³/mol. The van der Waals surface area contributed by atoms with Gasteiger partial charge in [-0.05, 0) is 47.9 Å². The Labute approximate surface area is 146 Å². The minimum Gasteiger partial charge on any atom is -0.487 e. The highest BCUT2D eigenvalue weighted by Gasteiger charge is 2.29. The second kappa shape index (κ2) is 6.77. The van der Waals surface area contributed by atoms with E-state index in [1.54, 1.807) is 6.20 Å². The summed E-state index contributed by atoms with van der Waals surface area (Å²) in [5.41, 5.74) is 4.00. The molecule has 0 spiro atoms. The van der Waals surface area contributed by atoms with Crippen molar-refractivity contribution in [2.24, 2.45) is 0 Å². The van der Waals surface area contributed by atoms with Crippen molar-refractivity contribution in [1.29, 1.82) is 0 Å². The Kier molecular flexibility index (Phi) is 4.17. The monoisotopic (exact) mass is 330 g/mol. The molecule has 1 amide bonds. The summed E-state index contributed by atoms with van der Waals surface area (Å²) < 4.78 is 5.75. The van der Waals surface area contributed by atoms with Gasteiger partial charge in [-0.1, -0.05) is 36.4 Å². The van der Waals surface area contributed by atoms with Gasteiger partial charge in [-0.3, -0.25) is 9.78 Å². The molecule has 3 aromatic rings. The number of hydrogen-bond acceptors (Lipinski definition) is 3. The predicted octanol–water partition coefficient (Wildman–Crippen LogP) is 3.94. The number of nitrogens with zero attached hydrogens (tertiary/aromatic N) is 1. The van der Waals surface area contributed by atoms with E-state index in [4.69, 9.17) is 4.74 Å². The summed E-state index contributed by atoms with van der Waals surface area (Å²) in [5.74, 6) is 0.735. The lowest BCUT2D eigenvalue weighted by Crippen LogP contribution is -2.14. The Bertz CT molecular complexity index is 876. The Morgan fingerprint density at radius 1 is 0.960 bits per heavy atom. The molecule has 1 aliphatic rings. The Hall–Kier alpha value is -3.14. The van der Waals surface area contributed by atoms with Crippen LogP contribution in [0.25, 0.3) is 0 Å². The van der Waals surface area contributed by atoms with Crippen LogP contribution in [0.2, 0.25) is 0 Å². The number of pyridine rings is 1. The Balaban J connectivity index is 1.42. The summed E-state index contributed by atoms with van der Waals surface area (Å²) in [5, 5.41) is 2.95. The number of aromatic nitrogens is 1. The summed E-state index contributed by atoms with van der Waals surface area (Å²) in [4.78, 5) is 16.5. The standard InChI is InChI=1S/C21H18N2O2/c24-21-19(18-6-1-2-7-20(18)23-21)13-15-8-10-17(11-9-15)25-14-16-5-3-4-12-22-16/h1-12,19H,13-14H2,(H,23,24)/t19-/m0/s1. The van der Waals surface area contributed by atoms with Gasteiger partial charge in [0.25, 0.3) is 0 Å². The smallest absolute Gasteiger partial charge is 0.232 e. The topological polar surface area (TPSA) is 51.2 Å². The molecular formula is C21H18N2O2. The van der Waals surface area contributed by atoms with E-state index in [0.29, 0.717) is 13.0 Å². The molecule has 0 saturated heterocycles. The Morgan fingerprint density at radius 3 is 2.56 bits per heavy atom. The van der Waals surface area contributed by atoms with E-state index < -0.39 is 0 Å². The Morgan fingerprint density at radius 2 is 1.76 bits per heavy atom.